The maximum atomic E-state index is 13.1. The number of anilines is 1. The molecule has 0 spiro atoms. The molecule has 148 valence electrons. The van der Waals surface area contributed by atoms with Crippen molar-refractivity contribution in [1.82, 2.24) is 9.55 Å². The Kier molecular flexibility index (Phi) is 5.29. The van der Waals surface area contributed by atoms with Crippen LogP contribution in [-0.4, -0.2) is 15.5 Å². The number of aryl methyl sites for hydroxylation is 2. The Morgan fingerprint density at radius 3 is 2.64 bits per heavy atom. The fourth-order valence-electron chi connectivity index (χ4n) is 2.97. The molecule has 9 heteroatoms. The molecule has 0 bridgehead atoms. The number of thiophene rings is 1. The van der Waals surface area contributed by atoms with Crippen LogP contribution in [0.15, 0.2) is 35.1 Å². The molecular weight excluding hydrogens is 391 g/mol. The molecule has 1 unspecified atom stereocenters. The van der Waals surface area contributed by atoms with Crippen molar-refractivity contribution in [3.05, 3.63) is 57.0 Å². The second-order valence-electron chi connectivity index (χ2n) is 6.33. The molecule has 1 aromatic carbocycles. The number of aromatic nitrogens is 2. The van der Waals surface area contributed by atoms with Gasteiger partial charge in [-0.3, -0.25) is 14.2 Å². The Morgan fingerprint density at radius 1 is 1.32 bits per heavy atom. The van der Waals surface area contributed by atoms with Crippen molar-refractivity contribution in [2.24, 2.45) is 0 Å². The summed E-state index contributed by atoms with van der Waals surface area (Å²) in [6, 6.07) is 5.43. The third-order valence-corrected chi connectivity index (χ3v) is 5.60. The number of para-hydroxylation sites is 1. The van der Waals surface area contributed by atoms with Gasteiger partial charge in [-0.1, -0.05) is 19.1 Å². The summed E-state index contributed by atoms with van der Waals surface area (Å²) in [6.07, 6.45) is -3.85. The van der Waals surface area contributed by atoms with Gasteiger partial charge < -0.3 is 5.32 Å². The highest BCUT2D eigenvalue weighted by molar-refractivity contribution is 7.18. The fraction of sp³-hybridized carbons (Fsp3) is 0.316. The Morgan fingerprint density at radius 2 is 2.00 bits per heavy atom. The first-order valence-electron chi connectivity index (χ1n) is 8.62. The third-order valence-electron chi connectivity index (χ3n) is 4.43. The van der Waals surface area contributed by atoms with Gasteiger partial charge in [-0.15, -0.1) is 11.3 Å². The van der Waals surface area contributed by atoms with E-state index < -0.39 is 23.7 Å². The largest absolute Gasteiger partial charge is 0.418 e. The van der Waals surface area contributed by atoms with Gasteiger partial charge in [-0.25, -0.2) is 4.98 Å². The molecule has 1 amide bonds. The van der Waals surface area contributed by atoms with Crippen LogP contribution >= 0.6 is 11.3 Å². The van der Waals surface area contributed by atoms with Gasteiger partial charge in [0.15, 0.2) is 0 Å². The standard InChI is InChI=1S/C19H18F3N3O2S/c1-4-12-9-13-17(28-12)23-11(3)25(18(13)27)10(2)16(26)24-15-8-6-5-7-14(15)19(20,21)22/h5-10H,4H2,1-3H3,(H,24,26). The topological polar surface area (TPSA) is 64.0 Å². The summed E-state index contributed by atoms with van der Waals surface area (Å²) in [5, 5.41) is 2.70. The molecule has 0 aliphatic carbocycles. The lowest BCUT2D eigenvalue weighted by molar-refractivity contribution is -0.137. The van der Waals surface area contributed by atoms with Gasteiger partial charge in [0.2, 0.25) is 5.91 Å². The predicted molar refractivity (Wildman–Crippen MR) is 103 cm³/mol. The summed E-state index contributed by atoms with van der Waals surface area (Å²) in [7, 11) is 0. The Labute approximate surface area is 162 Å². The van der Waals surface area contributed by atoms with Crippen molar-refractivity contribution in [3.63, 3.8) is 0 Å². The Bertz CT molecular complexity index is 1100. The lowest BCUT2D eigenvalue weighted by atomic mass is 10.1. The van der Waals surface area contributed by atoms with Crippen molar-refractivity contribution in [2.45, 2.75) is 39.4 Å². The molecule has 1 N–H and O–H groups in total. The van der Waals surface area contributed by atoms with E-state index in [4.69, 9.17) is 0 Å². The van der Waals surface area contributed by atoms with E-state index in [1.54, 1.807) is 13.0 Å². The van der Waals surface area contributed by atoms with Gasteiger partial charge in [0.25, 0.3) is 5.56 Å². The van der Waals surface area contributed by atoms with Crippen LogP contribution in [0.3, 0.4) is 0 Å². The average Bonchev–Trinajstić information content (AvgIpc) is 3.04. The van der Waals surface area contributed by atoms with E-state index in [0.29, 0.717) is 16.0 Å². The van der Waals surface area contributed by atoms with Crippen molar-refractivity contribution in [2.75, 3.05) is 5.32 Å². The Balaban J connectivity index is 1.98. The highest BCUT2D eigenvalue weighted by Gasteiger charge is 2.34. The zero-order valence-corrected chi connectivity index (χ0v) is 16.2. The summed E-state index contributed by atoms with van der Waals surface area (Å²) in [4.78, 5) is 31.5. The van der Waals surface area contributed by atoms with Crippen LogP contribution in [-0.2, 0) is 17.4 Å². The number of nitrogens with one attached hydrogen (secondary N) is 1. The summed E-state index contributed by atoms with van der Waals surface area (Å²) in [5.41, 5.74) is -1.68. The minimum atomic E-state index is -4.60. The number of rotatable bonds is 4. The zero-order chi connectivity index (χ0) is 20.6. The second-order valence-corrected chi connectivity index (χ2v) is 7.44. The molecule has 5 nitrogen and oxygen atoms in total. The summed E-state index contributed by atoms with van der Waals surface area (Å²) in [5.74, 6) is -0.400. The highest BCUT2D eigenvalue weighted by Crippen LogP contribution is 2.34. The number of halogens is 3. The van der Waals surface area contributed by atoms with E-state index in [-0.39, 0.29) is 11.2 Å². The zero-order valence-electron chi connectivity index (χ0n) is 15.4. The van der Waals surface area contributed by atoms with Crippen LogP contribution in [0, 0.1) is 6.92 Å². The first-order chi connectivity index (χ1) is 13.1. The number of alkyl halides is 3. The second kappa shape index (κ2) is 7.38. The molecule has 2 aromatic heterocycles. The predicted octanol–water partition coefficient (Wildman–Crippen LogP) is 4.55. The molecule has 28 heavy (non-hydrogen) atoms. The number of benzene rings is 1. The van der Waals surface area contributed by atoms with E-state index in [9.17, 15) is 22.8 Å². The average molecular weight is 409 g/mol. The number of carbonyl (C=O) groups is 1. The van der Waals surface area contributed by atoms with E-state index in [1.807, 2.05) is 6.92 Å². The van der Waals surface area contributed by atoms with Crippen molar-refractivity contribution >= 4 is 33.1 Å². The number of carbonyl (C=O) groups excluding carboxylic acids is 1. The van der Waals surface area contributed by atoms with Crippen molar-refractivity contribution in [1.29, 1.82) is 0 Å². The highest BCUT2D eigenvalue weighted by atomic mass is 32.1. The van der Waals surface area contributed by atoms with Crippen LogP contribution in [0.5, 0.6) is 0 Å². The van der Waals surface area contributed by atoms with Gasteiger partial charge in [-0.05, 0) is 38.5 Å². The number of amides is 1. The van der Waals surface area contributed by atoms with E-state index in [1.165, 1.54) is 41.0 Å². The van der Waals surface area contributed by atoms with E-state index in [0.717, 1.165) is 17.4 Å². The molecule has 0 radical (unpaired) electrons. The SMILES string of the molecule is CCc1cc2c(=O)n(C(C)C(=O)Nc3ccccc3C(F)(F)F)c(C)nc2s1. The molecule has 0 aliphatic rings. The molecule has 1 atom stereocenters. The molecule has 0 fully saturated rings. The normalized spacial score (nSPS) is 12.9. The van der Waals surface area contributed by atoms with Gasteiger partial charge in [0.1, 0.15) is 16.7 Å². The molecule has 3 aromatic rings. The van der Waals surface area contributed by atoms with Crippen molar-refractivity contribution in [3.8, 4) is 0 Å². The lowest BCUT2D eigenvalue weighted by Crippen LogP contribution is -2.34. The Hall–Kier alpha value is -2.68. The molecule has 0 saturated heterocycles. The summed E-state index contributed by atoms with van der Waals surface area (Å²) < 4.78 is 40.6. The first-order valence-corrected chi connectivity index (χ1v) is 9.43. The quantitative estimate of drug-likeness (QED) is 0.688. The van der Waals surface area contributed by atoms with Gasteiger partial charge in [-0.2, -0.15) is 13.2 Å². The molecule has 3 rings (SSSR count). The van der Waals surface area contributed by atoms with Crippen LogP contribution in [0.25, 0.3) is 10.2 Å². The maximum Gasteiger partial charge on any atom is 0.418 e. The molecular formula is C19H18F3N3O2S. The van der Waals surface area contributed by atoms with Crippen LogP contribution < -0.4 is 10.9 Å². The maximum absolute atomic E-state index is 13.1. The summed E-state index contributed by atoms with van der Waals surface area (Å²) >= 11 is 1.41. The monoisotopic (exact) mass is 409 g/mol. The smallest absolute Gasteiger partial charge is 0.324 e. The number of hydrogen-bond acceptors (Lipinski definition) is 4. The first kappa shape index (κ1) is 20.1. The van der Waals surface area contributed by atoms with Crippen LogP contribution in [0.2, 0.25) is 0 Å². The number of hydrogen-bond donors (Lipinski definition) is 1. The van der Waals surface area contributed by atoms with E-state index in [2.05, 4.69) is 10.3 Å². The molecule has 2 heterocycles. The number of fused-ring (bicyclic) bond motifs is 1. The lowest BCUT2D eigenvalue weighted by Gasteiger charge is -2.19. The third kappa shape index (κ3) is 3.66. The van der Waals surface area contributed by atoms with E-state index >= 15 is 0 Å². The minimum absolute atomic E-state index is 0.328. The van der Waals surface area contributed by atoms with Crippen LogP contribution in [0.1, 0.15) is 36.2 Å². The summed E-state index contributed by atoms with van der Waals surface area (Å²) in [6.45, 7) is 5.02. The fourth-order valence-corrected chi connectivity index (χ4v) is 3.97. The number of nitrogens with zero attached hydrogens (tertiary/aromatic N) is 2. The van der Waals surface area contributed by atoms with Crippen molar-refractivity contribution < 1.29 is 18.0 Å². The van der Waals surface area contributed by atoms with Crippen LogP contribution in [0.4, 0.5) is 18.9 Å². The molecule has 0 aliphatic heterocycles. The van der Waals surface area contributed by atoms with Gasteiger partial charge >= 0.3 is 6.18 Å². The minimum Gasteiger partial charge on any atom is -0.324 e. The van der Waals surface area contributed by atoms with Gasteiger partial charge in [0.05, 0.1) is 16.6 Å². The molecule has 0 saturated carbocycles. The van der Waals surface area contributed by atoms with Gasteiger partial charge in [0, 0.05) is 4.88 Å².